The molecule has 1 aliphatic heterocycles. The maximum Gasteiger partial charge on any atom is 0.305 e. The number of aliphatic hydroxyl groups excluding tert-OH is 1. The summed E-state index contributed by atoms with van der Waals surface area (Å²) in [4.78, 5) is 11.1. The number of hydrogen-bond donors (Lipinski definition) is 1. The van der Waals surface area contributed by atoms with Crippen molar-refractivity contribution in [2.75, 3.05) is 7.11 Å². The number of methoxy groups -OCH3 is 1. The molecule has 1 heterocycles. The standard InChI is InChI=1S/C22H34F2O4/c1-4-5-14-22(2,24)18(25)13-11-15-10-12-16-20(15)21(23)17(28-16)8-6-7-9-19(26)27-3/h8,11,13,15-16,18,20-21,25H,4-7,9-10,12,14H2,1-3H3/b13-11+,17-8-/t15-,16+,18-,20-,21?,22?/m1/s1. The van der Waals surface area contributed by atoms with Crippen LogP contribution in [0.2, 0.25) is 0 Å². The first-order chi connectivity index (χ1) is 13.3. The Morgan fingerprint density at radius 2 is 2.18 bits per heavy atom. The number of carbonyl (C=O) groups is 1. The van der Waals surface area contributed by atoms with E-state index in [9.17, 15) is 18.7 Å². The molecule has 6 atom stereocenters. The van der Waals surface area contributed by atoms with Gasteiger partial charge in [0.2, 0.25) is 0 Å². The van der Waals surface area contributed by atoms with Crippen LogP contribution in [-0.4, -0.2) is 42.2 Å². The molecule has 0 bridgehead atoms. The van der Waals surface area contributed by atoms with E-state index in [-0.39, 0.29) is 23.9 Å². The monoisotopic (exact) mass is 400 g/mol. The minimum absolute atomic E-state index is 0.0717. The second kappa shape index (κ2) is 10.4. The summed E-state index contributed by atoms with van der Waals surface area (Å²) >= 11 is 0. The molecule has 0 aromatic rings. The molecule has 2 rings (SSSR count). The number of rotatable bonds is 10. The average molecular weight is 401 g/mol. The van der Waals surface area contributed by atoms with Crippen molar-refractivity contribution in [1.82, 2.24) is 0 Å². The third kappa shape index (κ3) is 5.79. The van der Waals surface area contributed by atoms with Gasteiger partial charge in [-0.05, 0) is 51.0 Å². The van der Waals surface area contributed by atoms with Gasteiger partial charge < -0.3 is 14.6 Å². The second-order valence-corrected chi connectivity index (χ2v) is 8.16. The first-order valence-electron chi connectivity index (χ1n) is 10.4. The van der Waals surface area contributed by atoms with Crippen molar-refractivity contribution in [2.24, 2.45) is 11.8 Å². The van der Waals surface area contributed by atoms with Gasteiger partial charge in [0.1, 0.15) is 23.6 Å². The molecule has 0 radical (unpaired) electrons. The van der Waals surface area contributed by atoms with Gasteiger partial charge in [-0.3, -0.25) is 4.79 Å². The molecule has 28 heavy (non-hydrogen) atoms. The number of ether oxygens (including phenoxy) is 2. The highest BCUT2D eigenvalue weighted by Gasteiger charge is 2.49. The number of allylic oxidation sites excluding steroid dienone is 3. The molecule has 0 amide bonds. The molecule has 1 aliphatic carbocycles. The van der Waals surface area contributed by atoms with E-state index in [4.69, 9.17) is 4.74 Å². The molecule has 4 nitrogen and oxygen atoms in total. The highest BCUT2D eigenvalue weighted by atomic mass is 19.1. The summed E-state index contributed by atoms with van der Waals surface area (Å²) in [6.45, 7) is 3.40. The van der Waals surface area contributed by atoms with Crippen LogP contribution in [0.25, 0.3) is 0 Å². The molecule has 2 aliphatic rings. The number of esters is 1. The van der Waals surface area contributed by atoms with Gasteiger partial charge in [0.05, 0.1) is 7.11 Å². The van der Waals surface area contributed by atoms with Gasteiger partial charge in [-0.2, -0.15) is 0 Å². The van der Waals surface area contributed by atoms with E-state index in [1.54, 1.807) is 12.2 Å². The predicted molar refractivity (Wildman–Crippen MR) is 104 cm³/mol. The summed E-state index contributed by atoms with van der Waals surface area (Å²) in [6.07, 6.45) is 7.29. The number of hydrogen-bond acceptors (Lipinski definition) is 4. The number of aliphatic hydroxyl groups is 1. The van der Waals surface area contributed by atoms with Crippen molar-refractivity contribution in [3.05, 3.63) is 24.0 Å². The first-order valence-corrected chi connectivity index (χ1v) is 10.4. The smallest absolute Gasteiger partial charge is 0.305 e. The zero-order valence-corrected chi connectivity index (χ0v) is 17.2. The molecule has 2 fully saturated rings. The predicted octanol–water partition coefficient (Wildman–Crippen LogP) is 4.81. The van der Waals surface area contributed by atoms with Gasteiger partial charge >= 0.3 is 5.97 Å². The molecule has 0 aromatic carbocycles. The van der Waals surface area contributed by atoms with Crippen molar-refractivity contribution in [1.29, 1.82) is 0 Å². The average Bonchev–Trinajstić information content (AvgIpc) is 3.21. The molecule has 2 unspecified atom stereocenters. The van der Waals surface area contributed by atoms with Gasteiger partial charge in [-0.1, -0.05) is 31.9 Å². The highest BCUT2D eigenvalue weighted by molar-refractivity contribution is 5.69. The van der Waals surface area contributed by atoms with E-state index >= 15 is 0 Å². The lowest BCUT2D eigenvalue weighted by Crippen LogP contribution is -2.33. The van der Waals surface area contributed by atoms with Crippen LogP contribution in [0.1, 0.15) is 65.2 Å². The van der Waals surface area contributed by atoms with Crippen molar-refractivity contribution in [3.8, 4) is 0 Å². The number of unbranched alkanes of at least 4 members (excludes halogenated alkanes) is 2. The van der Waals surface area contributed by atoms with Crippen LogP contribution in [0.3, 0.4) is 0 Å². The number of carbonyl (C=O) groups excluding carboxylic acids is 1. The van der Waals surface area contributed by atoms with E-state index < -0.39 is 17.9 Å². The van der Waals surface area contributed by atoms with E-state index in [2.05, 4.69) is 4.74 Å². The molecular formula is C22H34F2O4. The Bertz CT molecular complexity index is 573. The van der Waals surface area contributed by atoms with Crippen LogP contribution in [0.15, 0.2) is 24.0 Å². The summed E-state index contributed by atoms with van der Waals surface area (Å²) < 4.78 is 39.9. The quantitative estimate of drug-likeness (QED) is 0.325. The third-order valence-electron chi connectivity index (χ3n) is 5.94. The van der Waals surface area contributed by atoms with E-state index in [1.807, 2.05) is 6.92 Å². The molecule has 1 saturated heterocycles. The summed E-state index contributed by atoms with van der Waals surface area (Å²) in [7, 11) is 1.35. The van der Waals surface area contributed by atoms with Gasteiger partial charge in [-0.15, -0.1) is 0 Å². The largest absolute Gasteiger partial charge is 0.492 e. The summed E-state index contributed by atoms with van der Waals surface area (Å²) in [5.41, 5.74) is -1.67. The molecule has 0 spiro atoms. The third-order valence-corrected chi connectivity index (χ3v) is 5.94. The Balaban J connectivity index is 1.91. The van der Waals surface area contributed by atoms with Gasteiger partial charge in [-0.25, -0.2) is 8.78 Å². The maximum atomic E-state index is 14.9. The molecule has 1 N–H and O–H groups in total. The molecule has 6 heteroatoms. The molecule has 0 aromatic heterocycles. The van der Waals surface area contributed by atoms with Crippen LogP contribution in [0, 0.1) is 11.8 Å². The minimum atomic E-state index is -1.67. The summed E-state index contributed by atoms with van der Waals surface area (Å²) in [5.74, 6) is -0.298. The zero-order valence-electron chi connectivity index (χ0n) is 17.2. The van der Waals surface area contributed by atoms with E-state index in [0.29, 0.717) is 31.4 Å². The fraction of sp³-hybridized carbons (Fsp3) is 0.773. The van der Waals surface area contributed by atoms with Crippen molar-refractivity contribution in [2.45, 2.75) is 89.3 Å². The fourth-order valence-electron chi connectivity index (χ4n) is 4.09. The highest BCUT2D eigenvalue weighted by Crippen LogP contribution is 2.47. The van der Waals surface area contributed by atoms with Crippen LogP contribution in [-0.2, 0) is 14.3 Å². The van der Waals surface area contributed by atoms with Gasteiger partial charge in [0.15, 0.2) is 6.17 Å². The van der Waals surface area contributed by atoms with Crippen LogP contribution in [0.4, 0.5) is 8.78 Å². The van der Waals surface area contributed by atoms with E-state index in [0.717, 1.165) is 25.7 Å². The number of alkyl halides is 2. The molecular weight excluding hydrogens is 366 g/mol. The lowest BCUT2D eigenvalue weighted by molar-refractivity contribution is -0.140. The van der Waals surface area contributed by atoms with Crippen molar-refractivity contribution >= 4 is 5.97 Å². The fourth-order valence-corrected chi connectivity index (χ4v) is 4.09. The second-order valence-electron chi connectivity index (χ2n) is 8.16. The summed E-state index contributed by atoms with van der Waals surface area (Å²) in [5, 5.41) is 10.2. The molecule has 1 saturated carbocycles. The SMILES string of the molecule is CCCCC(C)(F)[C@H](O)/C=C/[C@H]1CC[C@@H]2O/C(=C\CCCC(=O)OC)C(F)[C@@H]21. The van der Waals surface area contributed by atoms with Gasteiger partial charge in [0.25, 0.3) is 0 Å². The number of fused-ring (bicyclic) bond motifs is 1. The minimum Gasteiger partial charge on any atom is -0.492 e. The lowest BCUT2D eigenvalue weighted by atomic mass is 9.88. The summed E-state index contributed by atoms with van der Waals surface area (Å²) in [6, 6.07) is 0. The number of halogens is 2. The topological polar surface area (TPSA) is 55.8 Å². The Morgan fingerprint density at radius 1 is 1.43 bits per heavy atom. The van der Waals surface area contributed by atoms with Crippen molar-refractivity contribution < 1.29 is 28.2 Å². The maximum absolute atomic E-state index is 14.9. The Morgan fingerprint density at radius 3 is 2.86 bits per heavy atom. The lowest BCUT2D eigenvalue weighted by Gasteiger charge is -2.24. The van der Waals surface area contributed by atoms with E-state index in [1.165, 1.54) is 20.1 Å². The van der Waals surface area contributed by atoms with Crippen molar-refractivity contribution in [3.63, 3.8) is 0 Å². The van der Waals surface area contributed by atoms with Gasteiger partial charge in [0, 0.05) is 12.3 Å². The van der Waals surface area contributed by atoms with Crippen LogP contribution < -0.4 is 0 Å². The Labute approximate surface area is 167 Å². The Hall–Kier alpha value is -1.43. The first kappa shape index (κ1) is 22.9. The molecule has 160 valence electrons. The zero-order chi connectivity index (χ0) is 20.7. The van der Waals surface area contributed by atoms with Crippen LogP contribution in [0.5, 0.6) is 0 Å². The Kier molecular flexibility index (Phi) is 8.47. The normalized spacial score (nSPS) is 31.6. The van der Waals surface area contributed by atoms with Crippen LogP contribution >= 0.6 is 0 Å².